The second-order valence-electron chi connectivity index (χ2n) is 25.3. The summed E-state index contributed by atoms with van der Waals surface area (Å²) in [5.41, 5.74) is 23.4. The Balaban J connectivity index is 1.30. The van der Waals surface area contributed by atoms with Gasteiger partial charge in [-0.05, 0) is 246 Å². The van der Waals surface area contributed by atoms with E-state index in [1.165, 1.54) is 89.9 Å². The lowest BCUT2D eigenvalue weighted by Gasteiger charge is -2.79. The molecule has 0 heterocycles. The van der Waals surface area contributed by atoms with Gasteiger partial charge in [-0.3, -0.25) is 0 Å². The second kappa shape index (κ2) is 15.2. The maximum Gasteiger partial charge on any atom is 0.0309 e. The van der Waals surface area contributed by atoms with Gasteiger partial charge in [0.2, 0.25) is 0 Å². The Morgan fingerprint density at radius 1 is 0.300 bits per heavy atom. The molecule has 2 unspecified atom stereocenters. The Kier molecular flexibility index (Phi) is 10.1. The molecule has 0 heteroatoms. The minimum atomic E-state index is -0.266. The van der Waals surface area contributed by atoms with Gasteiger partial charge in [0.15, 0.2) is 0 Å². The predicted molar refractivity (Wildman–Crippen MR) is 291 cm³/mol. The molecule has 0 radical (unpaired) electrons. The summed E-state index contributed by atoms with van der Waals surface area (Å²) in [7, 11) is 0. The van der Waals surface area contributed by atoms with Crippen LogP contribution in [0.5, 0.6) is 0 Å². The van der Waals surface area contributed by atoms with Crippen molar-refractivity contribution in [3.8, 4) is 61.7 Å². The Morgan fingerprint density at radius 2 is 0.529 bits per heavy atom. The van der Waals surface area contributed by atoms with Crippen LogP contribution < -0.4 is 0 Å². The van der Waals surface area contributed by atoms with Gasteiger partial charge in [0.05, 0.1) is 0 Å². The highest BCUT2D eigenvalue weighted by Gasteiger charge is 2.78. The number of terminal acetylenes is 5. The predicted octanol–water partition coefficient (Wildman–Crippen LogP) is 15.0. The lowest BCUT2D eigenvalue weighted by Crippen LogP contribution is -2.73. The molecule has 0 aliphatic heterocycles. The van der Waals surface area contributed by atoms with Crippen LogP contribution in [0.25, 0.3) is 0 Å². The molecule has 0 aromatic heterocycles. The van der Waals surface area contributed by atoms with Crippen molar-refractivity contribution in [1.29, 1.82) is 0 Å². The van der Waals surface area contributed by atoms with E-state index >= 15 is 0 Å². The van der Waals surface area contributed by atoms with Gasteiger partial charge in [-0.1, -0.05) is 118 Å². The third-order valence-corrected chi connectivity index (χ3v) is 20.2. The fourth-order valence-electron chi connectivity index (χ4n) is 19.6. The van der Waals surface area contributed by atoms with Crippen LogP contribution in [0.2, 0.25) is 0 Å². The first-order valence-corrected chi connectivity index (χ1v) is 26.1. The van der Waals surface area contributed by atoms with Gasteiger partial charge in [-0.25, -0.2) is 0 Å². The first-order chi connectivity index (χ1) is 33.2. The average molecular weight is 911 g/mol. The average Bonchev–Trinajstić information content (AvgIpc) is 3.27. The van der Waals surface area contributed by atoms with Crippen molar-refractivity contribution in [2.75, 3.05) is 0 Å². The van der Waals surface area contributed by atoms with E-state index in [-0.39, 0.29) is 37.9 Å². The minimum absolute atomic E-state index is 0.0814. The highest BCUT2D eigenvalue weighted by Crippen LogP contribution is 2.85. The molecule has 0 N–H and O–H groups in total. The van der Waals surface area contributed by atoms with Gasteiger partial charge in [-0.15, -0.1) is 32.1 Å². The van der Waals surface area contributed by atoms with E-state index in [0.29, 0.717) is 5.92 Å². The summed E-state index contributed by atoms with van der Waals surface area (Å²) in [4.78, 5) is 0. The lowest BCUT2D eigenvalue weighted by atomic mass is 9.24. The van der Waals surface area contributed by atoms with Gasteiger partial charge in [-0.2, -0.15) is 0 Å². The Hall–Kier alpha value is -6.10. The molecule has 8 saturated carbocycles. The Labute approximate surface area is 421 Å². The molecule has 13 rings (SSSR count). The number of benzene rings is 5. The first kappa shape index (κ1) is 46.3. The van der Waals surface area contributed by atoms with Crippen molar-refractivity contribution >= 4 is 0 Å². The summed E-state index contributed by atoms with van der Waals surface area (Å²) in [6, 6.07) is 24.0. The Morgan fingerprint density at radius 3 is 0.786 bits per heavy atom. The van der Waals surface area contributed by atoms with Crippen LogP contribution >= 0.6 is 0 Å². The lowest BCUT2D eigenvalue weighted by molar-refractivity contribution is -0.231. The van der Waals surface area contributed by atoms with Crippen molar-refractivity contribution in [2.24, 2.45) is 16.7 Å². The van der Waals surface area contributed by atoms with Crippen LogP contribution in [0.1, 0.15) is 188 Å². The summed E-state index contributed by atoms with van der Waals surface area (Å²) in [5, 5.41) is 0. The molecule has 8 fully saturated rings. The zero-order valence-electron chi connectivity index (χ0n) is 43.7. The minimum Gasteiger partial charge on any atom is -0.115 e. The summed E-state index contributed by atoms with van der Waals surface area (Å²) < 4.78 is 0. The highest BCUT2D eigenvalue weighted by atomic mass is 14.8. The van der Waals surface area contributed by atoms with E-state index in [4.69, 9.17) is 32.1 Å². The molecule has 0 amide bonds. The molecule has 5 aromatic rings. The topological polar surface area (TPSA) is 0 Å². The highest BCUT2D eigenvalue weighted by molar-refractivity contribution is 5.63. The van der Waals surface area contributed by atoms with Crippen molar-refractivity contribution in [3.63, 3.8) is 0 Å². The van der Waals surface area contributed by atoms with Crippen molar-refractivity contribution in [1.82, 2.24) is 0 Å². The Bertz CT molecular complexity index is 3070. The van der Waals surface area contributed by atoms with E-state index in [9.17, 15) is 0 Å². The summed E-state index contributed by atoms with van der Waals surface area (Å²) in [5.74, 6) is 17.2. The molecule has 0 nitrogen and oxygen atoms in total. The zero-order valence-corrected chi connectivity index (χ0v) is 43.7. The SMILES string of the molecule is C#Cc1c(C)cc(C)cc1C12CC3CC(c4cc(C)cc(C)c4C#C)(C1)CC(C14CC5(c6cc(C)cc(C)c6C#C)CC(c6cc(C)cc(C)c6C#C)(CC(c6cc(C)cc(C)c6C#C)(C5)C1)C4)(C3)C2. The van der Waals surface area contributed by atoms with Crippen LogP contribution in [0.4, 0.5) is 0 Å². The molecule has 0 spiro atoms. The molecule has 8 bridgehead atoms. The standard InChI is InChI=1S/C70H70/c1-16-54-48(11)21-43(6)26-59(54)64-31-53-32-65(34-64,60-27-44(7)22-49(12)55(60)17-2)39-69(33-53,38-64)70-40-66(61-28-45(8)23-50(13)56(61)18-3)35-67(41-70,62-29-46(9)24-51(14)57(62)19-4)37-68(36-66,42-70)63-30-47(10)25-52(15)58(63)20-5/h1-5,21-30,53H,31-42H2,6-15H3. The summed E-state index contributed by atoms with van der Waals surface area (Å²) in [6.07, 6.45) is 46.8. The molecule has 2 atom stereocenters. The molecule has 5 aromatic carbocycles. The van der Waals surface area contributed by atoms with Gasteiger partial charge in [0.25, 0.3) is 0 Å². The summed E-state index contributed by atoms with van der Waals surface area (Å²) in [6.45, 7) is 22.5. The van der Waals surface area contributed by atoms with Gasteiger partial charge in [0, 0.05) is 27.8 Å². The quantitative estimate of drug-likeness (QED) is 0.149. The third kappa shape index (κ3) is 6.23. The van der Waals surface area contributed by atoms with E-state index in [2.05, 4.69) is 160 Å². The normalized spacial score (nSPS) is 31.9. The van der Waals surface area contributed by atoms with Crippen LogP contribution in [-0.4, -0.2) is 0 Å². The smallest absolute Gasteiger partial charge is 0.0309 e. The van der Waals surface area contributed by atoms with E-state index in [0.717, 1.165) is 98.4 Å². The fraction of sp³-hybridized carbons (Fsp3) is 0.429. The third-order valence-electron chi connectivity index (χ3n) is 20.2. The second-order valence-corrected chi connectivity index (χ2v) is 25.3. The van der Waals surface area contributed by atoms with Gasteiger partial charge >= 0.3 is 0 Å². The van der Waals surface area contributed by atoms with Crippen LogP contribution in [0, 0.1) is 148 Å². The van der Waals surface area contributed by atoms with E-state index < -0.39 is 0 Å². The number of hydrogen-bond acceptors (Lipinski definition) is 0. The fourth-order valence-corrected chi connectivity index (χ4v) is 19.6. The van der Waals surface area contributed by atoms with Gasteiger partial charge in [0.1, 0.15) is 0 Å². The molecule has 8 aliphatic rings. The van der Waals surface area contributed by atoms with E-state index in [1.54, 1.807) is 0 Å². The largest absolute Gasteiger partial charge is 0.115 e. The van der Waals surface area contributed by atoms with E-state index in [1.807, 2.05) is 0 Å². The molecule has 0 saturated heterocycles. The molecule has 70 heavy (non-hydrogen) atoms. The molecular weight excluding hydrogens is 841 g/mol. The molecule has 8 aliphatic carbocycles. The number of aryl methyl sites for hydroxylation is 10. The monoisotopic (exact) mass is 911 g/mol. The molecule has 350 valence electrons. The number of hydrogen-bond donors (Lipinski definition) is 0. The van der Waals surface area contributed by atoms with Crippen LogP contribution in [-0.2, 0) is 27.1 Å². The van der Waals surface area contributed by atoms with Crippen LogP contribution in [0.15, 0.2) is 60.7 Å². The first-order valence-electron chi connectivity index (χ1n) is 26.1. The number of rotatable bonds is 6. The van der Waals surface area contributed by atoms with Gasteiger partial charge < -0.3 is 0 Å². The maximum absolute atomic E-state index is 6.79. The summed E-state index contributed by atoms with van der Waals surface area (Å²) >= 11 is 0. The van der Waals surface area contributed by atoms with Crippen molar-refractivity contribution < 1.29 is 0 Å². The van der Waals surface area contributed by atoms with Crippen LogP contribution in [0.3, 0.4) is 0 Å². The van der Waals surface area contributed by atoms with Crippen molar-refractivity contribution in [3.05, 3.63) is 172 Å². The maximum atomic E-state index is 6.79. The van der Waals surface area contributed by atoms with Crippen molar-refractivity contribution in [2.45, 2.75) is 173 Å². The molecular formula is C70H70. The zero-order chi connectivity index (χ0) is 49.7.